The third-order valence-electron chi connectivity index (χ3n) is 2.41. The summed E-state index contributed by atoms with van der Waals surface area (Å²) < 4.78 is 0. The van der Waals surface area contributed by atoms with Gasteiger partial charge < -0.3 is 5.73 Å². The minimum absolute atomic E-state index is 0.418. The van der Waals surface area contributed by atoms with E-state index in [0.717, 1.165) is 0 Å². The first-order chi connectivity index (χ1) is 7.27. The highest BCUT2D eigenvalue weighted by Crippen LogP contribution is 2.17. The fraction of sp³-hybridized carbons (Fsp3) is 0.286. The van der Waals surface area contributed by atoms with Crippen LogP contribution in [0.15, 0.2) is 54.1 Å². The summed E-state index contributed by atoms with van der Waals surface area (Å²) in [6.45, 7) is 4.80. The van der Waals surface area contributed by atoms with Crippen LogP contribution >= 0.6 is 0 Å². The van der Waals surface area contributed by atoms with Crippen molar-refractivity contribution in [2.45, 2.75) is 19.8 Å². The molecule has 0 aliphatic heterocycles. The molecule has 0 aromatic heterocycles. The number of rotatable bonds is 4. The van der Waals surface area contributed by atoms with Gasteiger partial charge in [-0.05, 0) is 24.0 Å². The van der Waals surface area contributed by atoms with Crippen LogP contribution in [-0.4, -0.2) is 6.54 Å². The molecular weight excluding hydrogens is 182 g/mol. The van der Waals surface area contributed by atoms with Crippen molar-refractivity contribution in [3.63, 3.8) is 0 Å². The van der Waals surface area contributed by atoms with Crippen LogP contribution in [0.4, 0.5) is 0 Å². The molecule has 0 radical (unpaired) electrons. The fourth-order valence-electron chi connectivity index (χ4n) is 1.58. The van der Waals surface area contributed by atoms with Crippen molar-refractivity contribution in [1.29, 1.82) is 0 Å². The van der Waals surface area contributed by atoms with Gasteiger partial charge in [0, 0.05) is 6.54 Å². The molecule has 1 rings (SSSR count). The molecule has 1 aromatic carbocycles. The number of nitrogens with two attached hydrogens (primary N) is 1. The van der Waals surface area contributed by atoms with Gasteiger partial charge in [-0.15, -0.1) is 0 Å². The normalized spacial score (nSPS) is 14.5. The van der Waals surface area contributed by atoms with Crippen molar-refractivity contribution in [2.24, 2.45) is 5.73 Å². The number of benzene rings is 1. The predicted octanol–water partition coefficient (Wildman–Crippen LogP) is 3.25. The Balaban J connectivity index is 2.81. The Kier molecular flexibility index (Phi) is 4.85. The maximum Gasteiger partial charge on any atom is 0.0175 e. The zero-order chi connectivity index (χ0) is 11.1. The first kappa shape index (κ1) is 11.7. The average molecular weight is 201 g/mol. The lowest BCUT2D eigenvalue weighted by molar-refractivity contribution is 0.949. The van der Waals surface area contributed by atoms with E-state index in [9.17, 15) is 0 Å². The van der Waals surface area contributed by atoms with Crippen LogP contribution in [0.2, 0.25) is 0 Å². The van der Waals surface area contributed by atoms with E-state index in [1.54, 1.807) is 0 Å². The lowest BCUT2D eigenvalue weighted by Crippen LogP contribution is -2.02. The van der Waals surface area contributed by atoms with E-state index in [1.807, 2.05) is 19.1 Å². The maximum absolute atomic E-state index is 5.67. The molecule has 0 saturated heterocycles. The minimum atomic E-state index is 0.418. The summed E-state index contributed by atoms with van der Waals surface area (Å²) in [5.74, 6) is 0.418. The van der Waals surface area contributed by atoms with E-state index in [0.29, 0.717) is 12.5 Å². The molecule has 1 atom stereocenters. The van der Waals surface area contributed by atoms with Gasteiger partial charge >= 0.3 is 0 Å². The van der Waals surface area contributed by atoms with Gasteiger partial charge in [0.2, 0.25) is 0 Å². The summed E-state index contributed by atoms with van der Waals surface area (Å²) >= 11 is 0. The number of hydrogen-bond donors (Lipinski definition) is 1. The van der Waals surface area contributed by atoms with E-state index in [2.05, 4.69) is 43.3 Å². The lowest BCUT2D eigenvalue weighted by atomic mass is 9.98. The molecule has 0 amide bonds. The second kappa shape index (κ2) is 6.20. The SMILES string of the molecule is CC=CC(=CC(C)c1ccccc1)CN. The van der Waals surface area contributed by atoms with Crippen LogP contribution in [0, 0.1) is 0 Å². The monoisotopic (exact) mass is 201 g/mol. The standard InChI is InChI=1S/C14H19N/c1-3-7-13(11-15)10-12(2)14-8-5-4-6-9-14/h3-10,12H,11,15H2,1-2H3. The Morgan fingerprint density at radius 1 is 1.33 bits per heavy atom. The van der Waals surface area contributed by atoms with Gasteiger partial charge in [0.1, 0.15) is 0 Å². The Morgan fingerprint density at radius 3 is 2.53 bits per heavy atom. The van der Waals surface area contributed by atoms with Crippen molar-refractivity contribution < 1.29 is 0 Å². The van der Waals surface area contributed by atoms with Crippen molar-refractivity contribution in [3.8, 4) is 0 Å². The molecule has 0 aliphatic rings. The number of allylic oxidation sites excluding steroid dienone is 2. The molecule has 1 aromatic rings. The molecule has 1 heteroatoms. The molecule has 0 fully saturated rings. The van der Waals surface area contributed by atoms with Crippen LogP contribution in [-0.2, 0) is 0 Å². The van der Waals surface area contributed by atoms with Gasteiger partial charge in [-0.1, -0.05) is 55.5 Å². The lowest BCUT2D eigenvalue weighted by Gasteiger charge is -2.08. The van der Waals surface area contributed by atoms with Crippen molar-refractivity contribution in [2.75, 3.05) is 6.54 Å². The topological polar surface area (TPSA) is 26.0 Å². The molecule has 0 aliphatic carbocycles. The second-order valence-corrected chi connectivity index (χ2v) is 3.65. The highest BCUT2D eigenvalue weighted by Gasteiger charge is 2.01. The second-order valence-electron chi connectivity index (χ2n) is 3.65. The Morgan fingerprint density at radius 2 is 2.00 bits per heavy atom. The summed E-state index contributed by atoms with van der Waals surface area (Å²) in [6, 6.07) is 10.5. The van der Waals surface area contributed by atoms with Gasteiger partial charge in [0.05, 0.1) is 0 Å². The molecule has 80 valence electrons. The summed E-state index contributed by atoms with van der Waals surface area (Å²) in [5, 5.41) is 0. The largest absolute Gasteiger partial charge is 0.327 e. The van der Waals surface area contributed by atoms with Crippen LogP contribution in [0.3, 0.4) is 0 Å². The van der Waals surface area contributed by atoms with Gasteiger partial charge in [-0.25, -0.2) is 0 Å². The minimum Gasteiger partial charge on any atom is -0.327 e. The van der Waals surface area contributed by atoms with Crippen LogP contribution < -0.4 is 5.73 Å². The Labute approximate surface area is 92.3 Å². The molecule has 0 bridgehead atoms. The first-order valence-corrected chi connectivity index (χ1v) is 5.36. The fourth-order valence-corrected chi connectivity index (χ4v) is 1.58. The van der Waals surface area contributed by atoms with Gasteiger partial charge in [0.25, 0.3) is 0 Å². The third kappa shape index (κ3) is 3.72. The van der Waals surface area contributed by atoms with E-state index >= 15 is 0 Å². The molecule has 0 spiro atoms. The molecular formula is C14H19N. The zero-order valence-electron chi connectivity index (χ0n) is 9.48. The Bertz CT molecular complexity index is 336. The van der Waals surface area contributed by atoms with E-state index < -0.39 is 0 Å². The molecule has 1 nitrogen and oxygen atoms in total. The van der Waals surface area contributed by atoms with Crippen LogP contribution in [0.5, 0.6) is 0 Å². The summed E-state index contributed by atoms with van der Waals surface area (Å²) in [4.78, 5) is 0. The van der Waals surface area contributed by atoms with Crippen molar-refractivity contribution in [3.05, 3.63) is 59.7 Å². The summed E-state index contributed by atoms with van der Waals surface area (Å²) in [6.07, 6.45) is 6.31. The highest BCUT2D eigenvalue weighted by molar-refractivity contribution is 5.28. The molecule has 0 saturated carbocycles. The van der Waals surface area contributed by atoms with Gasteiger partial charge in [-0.3, -0.25) is 0 Å². The maximum atomic E-state index is 5.67. The Hall–Kier alpha value is -1.34. The van der Waals surface area contributed by atoms with Gasteiger partial charge in [0.15, 0.2) is 0 Å². The number of hydrogen-bond acceptors (Lipinski definition) is 1. The molecule has 15 heavy (non-hydrogen) atoms. The van der Waals surface area contributed by atoms with Crippen LogP contribution in [0.25, 0.3) is 0 Å². The van der Waals surface area contributed by atoms with Crippen molar-refractivity contribution >= 4 is 0 Å². The highest BCUT2D eigenvalue weighted by atomic mass is 14.5. The predicted molar refractivity (Wildman–Crippen MR) is 66.8 cm³/mol. The van der Waals surface area contributed by atoms with Crippen molar-refractivity contribution in [1.82, 2.24) is 0 Å². The van der Waals surface area contributed by atoms with E-state index in [4.69, 9.17) is 5.73 Å². The molecule has 2 N–H and O–H groups in total. The summed E-state index contributed by atoms with van der Waals surface area (Å²) in [7, 11) is 0. The van der Waals surface area contributed by atoms with E-state index in [1.165, 1.54) is 11.1 Å². The van der Waals surface area contributed by atoms with E-state index in [-0.39, 0.29) is 0 Å². The first-order valence-electron chi connectivity index (χ1n) is 5.36. The smallest absolute Gasteiger partial charge is 0.0175 e. The quantitative estimate of drug-likeness (QED) is 0.743. The van der Waals surface area contributed by atoms with Gasteiger partial charge in [-0.2, -0.15) is 0 Å². The van der Waals surface area contributed by atoms with Crippen LogP contribution in [0.1, 0.15) is 25.3 Å². The molecule has 1 unspecified atom stereocenters. The summed E-state index contributed by atoms with van der Waals surface area (Å²) in [5.41, 5.74) is 8.18. The molecule has 0 heterocycles. The third-order valence-corrected chi connectivity index (χ3v) is 2.41. The zero-order valence-corrected chi connectivity index (χ0v) is 9.48. The average Bonchev–Trinajstić information content (AvgIpc) is 2.29.